The third-order valence-corrected chi connectivity index (χ3v) is 3.75. The fourth-order valence-corrected chi connectivity index (χ4v) is 2.48. The summed E-state index contributed by atoms with van der Waals surface area (Å²) >= 11 is 3.36. The Hall–Kier alpha value is -1.70. The summed E-state index contributed by atoms with van der Waals surface area (Å²) < 4.78 is 15.4. The SMILES string of the molecule is Nc1nc(-n2cccn2)nc(N2CC[C@H](F)C2)c1Br. The van der Waals surface area contributed by atoms with E-state index in [-0.39, 0.29) is 0 Å². The lowest BCUT2D eigenvalue weighted by atomic mass is 10.3. The van der Waals surface area contributed by atoms with Crippen molar-refractivity contribution in [1.82, 2.24) is 19.7 Å². The van der Waals surface area contributed by atoms with Crippen LogP contribution in [0.25, 0.3) is 5.95 Å². The Morgan fingerprint density at radius 1 is 1.42 bits per heavy atom. The van der Waals surface area contributed by atoms with Crippen LogP contribution in [-0.2, 0) is 0 Å². The van der Waals surface area contributed by atoms with E-state index in [4.69, 9.17) is 5.73 Å². The second kappa shape index (κ2) is 4.76. The summed E-state index contributed by atoms with van der Waals surface area (Å²) in [6, 6.07) is 1.77. The summed E-state index contributed by atoms with van der Waals surface area (Å²) in [5, 5.41) is 4.07. The smallest absolute Gasteiger partial charge is 0.254 e. The summed E-state index contributed by atoms with van der Waals surface area (Å²) in [4.78, 5) is 10.4. The number of alkyl halides is 1. The molecule has 19 heavy (non-hydrogen) atoms. The van der Waals surface area contributed by atoms with Gasteiger partial charge in [-0.1, -0.05) is 0 Å². The standard InChI is InChI=1S/C11H12BrFN6/c12-8-9(14)16-11(19-4-1-3-15-19)17-10(8)18-5-2-7(13)6-18/h1,3-4,7H,2,5-6H2,(H2,14,16,17)/t7-/m0/s1. The van der Waals surface area contributed by atoms with Gasteiger partial charge in [-0.3, -0.25) is 0 Å². The number of anilines is 2. The van der Waals surface area contributed by atoms with E-state index in [1.165, 1.54) is 4.68 Å². The molecule has 1 fully saturated rings. The Balaban J connectivity index is 2.03. The summed E-state index contributed by atoms with van der Waals surface area (Å²) in [5.41, 5.74) is 5.87. The first-order chi connectivity index (χ1) is 9.15. The van der Waals surface area contributed by atoms with Crippen LogP contribution in [0.3, 0.4) is 0 Å². The zero-order valence-electron chi connectivity index (χ0n) is 10.0. The molecular formula is C11H12BrFN6. The molecule has 6 nitrogen and oxygen atoms in total. The van der Waals surface area contributed by atoms with Crippen LogP contribution >= 0.6 is 15.9 Å². The molecule has 0 amide bonds. The van der Waals surface area contributed by atoms with Gasteiger partial charge in [-0.15, -0.1) is 0 Å². The van der Waals surface area contributed by atoms with Gasteiger partial charge < -0.3 is 10.6 Å². The molecule has 3 rings (SSSR count). The largest absolute Gasteiger partial charge is 0.383 e. The molecule has 3 heterocycles. The molecule has 0 bridgehead atoms. The van der Waals surface area contributed by atoms with Crippen LogP contribution in [0, 0.1) is 0 Å². The number of hydrogen-bond donors (Lipinski definition) is 1. The number of nitrogen functional groups attached to an aromatic ring is 1. The highest BCUT2D eigenvalue weighted by Gasteiger charge is 2.26. The molecule has 1 atom stereocenters. The van der Waals surface area contributed by atoms with E-state index in [0.717, 1.165) is 0 Å². The van der Waals surface area contributed by atoms with E-state index in [2.05, 4.69) is 31.0 Å². The Kier molecular flexibility index (Phi) is 3.09. The molecule has 0 spiro atoms. The van der Waals surface area contributed by atoms with Gasteiger partial charge in [0.2, 0.25) is 0 Å². The molecule has 1 aliphatic heterocycles. The number of nitrogens with zero attached hydrogens (tertiary/aromatic N) is 5. The van der Waals surface area contributed by atoms with Crippen molar-refractivity contribution in [1.29, 1.82) is 0 Å². The summed E-state index contributed by atoms with van der Waals surface area (Å²) in [7, 11) is 0. The summed E-state index contributed by atoms with van der Waals surface area (Å²) in [5.74, 6) is 1.30. The van der Waals surface area contributed by atoms with Crippen molar-refractivity contribution in [2.75, 3.05) is 23.7 Å². The zero-order valence-corrected chi connectivity index (χ0v) is 11.6. The van der Waals surface area contributed by atoms with Crippen LogP contribution in [0.15, 0.2) is 22.9 Å². The highest BCUT2D eigenvalue weighted by atomic mass is 79.9. The maximum absolute atomic E-state index is 13.3. The van der Waals surface area contributed by atoms with Crippen LogP contribution in [0.1, 0.15) is 6.42 Å². The second-order valence-electron chi connectivity index (χ2n) is 4.33. The molecule has 8 heteroatoms. The van der Waals surface area contributed by atoms with Crippen molar-refractivity contribution in [3.05, 3.63) is 22.9 Å². The molecule has 1 aliphatic rings. The number of rotatable bonds is 2. The van der Waals surface area contributed by atoms with Gasteiger partial charge in [0.05, 0.1) is 6.54 Å². The van der Waals surface area contributed by atoms with Gasteiger partial charge in [-0.05, 0) is 28.4 Å². The summed E-state index contributed by atoms with van der Waals surface area (Å²) in [6.07, 6.45) is 3.05. The van der Waals surface area contributed by atoms with Crippen LogP contribution in [-0.4, -0.2) is 39.0 Å². The minimum absolute atomic E-state index is 0.317. The fraction of sp³-hybridized carbons (Fsp3) is 0.364. The van der Waals surface area contributed by atoms with Crippen molar-refractivity contribution < 1.29 is 4.39 Å². The Bertz CT molecular complexity index is 587. The Morgan fingerprint density at radius 3 is 2.89 bits per heavy atom. The van der Waals surface area contributed by atoms with E-state index in [0.29, 0.717) is 41.6 Å². The van der Waals surface area contributed by atoms with Gasteiger partial charge >= 0.3 is 0 Å². The van der Waals surface area contributed by atoms with E-state index >= 15 is 0 Å². The molecule has 2 aromatic rings. The Morgan fingerprint density at radius 2 is 2.26 bits per heavy atom. The molecule has 100 valence electrons. The lowest BCUT2D eigenvalue weighted by Gasteiger charge is -2.19. The molecule has 0 aliphatic carbocycles. The van der Waals surface area contributed by atoms with Gasteiger partial charge in [0, 0.05) is 18.9 Å². The first-order valence-corrected chi connectivity index (χ1v) is 6.66. The minimum Gasteiger partial charge on any atom is -0.383 e. The average Bonchev–Trinajstić information content (AvgIpc) is 3.03. The Labute approximate surface area is 117 Å². The van der Waals surface area contributed by atoms with Gasteiger partial charge in [0.25, 0.3) is 5.95 Å². The van der Waals surface area contributed by atoms with Crippen molar-refractivity contribution in [3.8, 4) is 5.95 Å². The molecule has 2 N–H and O–H groups in total. The van der Waals surface area contributed by atoms with Crippen molar-refractivity contribution in [3.63, 3.8) is 0 Å². The predicted octanol–water partition coefficient (Wildman–Crippen LogP) is 1.56. The maximum Gasteiger partial charge on any atom is 0.254 e. The van der Waals surface area contributed by atoms with Gasteiger partial charge in [0.15, 0.2) is 5.82 Å². The molecule has 0 radical (unpaired) electrons. The fourth-order valence-electron chi connectivity index (χ4n) is 2.05. The molecular weight excluding hydrogens is 315 g/mol. The highest BCUT2D eigenvalue weighted by molar-refractivity contribution is 9.10. The van der Waals surface area contributed by atoms with Gasteiger partial charge in [-0.25, -0.2) is 9.07 Å². The lowest BCUT2D eigenvalue weighted by Crippen LogP contribution is -2.23. The van der Waals surface area contributed by atoms with E-state index < -0.39 is 6.17 Å². The molecule has 0 unspecified atom stereocenters. The average molecular weight is 327 g/mol. The van der Waals surface area contributed by atoms with Gasteiger partial charge in [0.1, 0.15) is 16.5 Å². The van der Waals surface area contributed by atoms with E-state index in [1.807, 2.05) is 4.90 Å². The minimum atomic E-state index is -0.823. The van der Waals surface area contributed by atoms with Crippen LogP contribution in [0.2, 0.25) is 0 Å². The lowest BCUT2D eigenvalue weighted by molar-refractivity contribution is 0.364. The zero-order chi connectivity index (χ0) is 13.4. The highest BCUT2D eigenvalue weighted by Crippen LogP contribution is 2.31. The van der Waals surface area contributed by atoms with Gasteiger partial charge in [-0.2, -0.15) is 15.1 Å². The molecule has 1 saturated heterocycles. The first kappa shape index (κ1) is 12.3. The number of nitrogens with two attached hydrogens (primary N) is 1. The van der Waals surface area contributed by atoms with Crippen LogP contribution in [0.4, 0.5) is 16.0 Å². The molecule has 2 aromatic heterocycles. The monoisotopic (exact) mass is 326 g/mol. The van der Waals surface area contributed by atoms with Crippen LogP contribution < -0.4 is 10.6 Å². The maximum atomic E-state index is 13.3. The van der Waals surface area contributed by atoms with Crippen molar-refractivity contribution >= 4 is 27.6 Å². The number of hydrogen-bond acceptors (Lipinski definition) is 5. The van der Waals surface area contributed by atoms with E-state index in [1.54, 1.807) is 18.5 Å². The van der Waals surface area contributed by atoms with Crippen LogP contribution in [0.5, 0.6) is 0 Å². The van der Waals surface area contributed by atoms with Crippen molar-refractivity contribution in [2.45, 2.75) is 12.6 Å². The molecule has 0 aromatic carbocycles. The third-order valence-electron chi connectivity index (χ3n) is 2.99. The topological polar surface area (TPSA) is 72.9 Å². The first-order valence-electron chi connectivity index (χ1n) is 5.87. The van der Waals surface area contributed by atoms with E-state index in [9.17, 15) is 4.39 Å². The normalized spacial score (nSPS) is 19.1. The predicted molar refractivity (Wildman–Crippen MR) is 73.0 cm³/mol. The molecule has 0 saturated carbocycles. The van der Waals surface area contributed by atoms with Crippen molar-refractivity contribution in [2.24, 2.45) is 0 Å². The number of halogens is 2. The second-order valence-corrected chi connectivity index (χ2v) is 5.12. The third kappa shape index (κ3) is 2.27. The summed E-state index contributed by atoms with van der Waals surface area (Å²) in [6.45, 7) is 0.947. The quantitative estimate of drug-likeness (QED) is 0.906. The number of aromatic nitrogens is 4.